The lowest BCUT2D eigenvalue weighted by atomic mass is 9.97. The summed E-state index contributed by atoms with van der Waals surface area (Å²) in [6.45, 7) is 1.97. The molecular formula is C25H25N5O3S. The van der Waals surface area contributed by atoms with Crippen molar-refractivity contribution in [1.82, 2.24) is 19.7 Å². The van der Waals surface area contributed by atoms with Crippen molar-refractivity contribution < 1.29 is 14.4 Å². The number of carbonyl (C=O) groups is 1. The highest BCUT2D eigenvalue weighted by Crippen LogP contribution is 2.36. The third-order valence-corrected chi connectivity index (χ3v) is 7.12. The number of hydrogen-bond acceptors (Lipinski definition) is 7. The lowest BCUT2D eigenvalue weighted by molar-refractivity contribution is -0.133. The Labute approximate surface area is 202 Å². The van der Waals surface area contributed by atoms with Gasteiger partial charge in [0.2, 0.25) is 5.91 Å². The number of piperidine rings is 1. The largest absolute Gasteiger partial charge is 0.481 e. The van der Waals surface area contributed by atoms with E-state index in [0.717, 1.165) is 53.7 Å². The molecule has 2 aliphatic heterocycles. The zero-order valence-corrected chi connectivity index (χ0v) is 19.5. The van der Waals surface area contributed by atoms with E-state index in [4.69, 9.17) is 21.0 Å². The monoisotopic (exact) mass is 475 g/mol. The van der Waals surface area contributed by atoms with Crippen molar-refractivity contribution in [3.05, 3.63) is 64.4 Å². The van der Waals surface area contributed by atoms with Crippen LogP contribution in [0.5, 0.6) is 5.75 Å². The van der Waals surface area contributed by atoms with E-state index in [-0.39, 0.29) is 25.2 Å². The Morgan fingerprint density at radius 3 is 2.91 bits per heavy atom. The van der Waals surface area contributed by atoms with Crippen LogP contribution < -0.4 is 4.74 Å². The maximum Gasteiger partial charge on any atom is 0.244 e. The molecule has 1 atom stereocenters. The molecule has 0 bridgehead atoms. The molecule has 1 fully saturated rings. The molecule has 8 nitrogen and oxygen atoms in total. The average Bonchev–Trinajstić information content (AvgIpc) is 3.65. The quantitative estimate of drug-likeness (QED) is 0.488. The molecule has 5 rings (SSSR count). The number of carbonyl (C=O) groups excluding carboxylic acids is 1. The van der Waals surface area contributed by atoms with Gasteiger partial charge in [-0.2, -0.15) is 5.10 Å². The van der Waals surface area contributed by atoms with E-state index >= 15 is 0 Å². The van der Waals surface area contributed by atoms with Crippen molar-refractivity contribution in [2.45, 2.75) is 37.8 Å². The predicted octanol–water partition coefficient (Wildman–Crippen LogP) is 3.62. The van der Waals surface area contributed by atoms with Crippen LogP contribution in [-0.4, -0.2) is 51.0 Å². The van der Waals surface area contributed by atoms with Gasteiger partial charge in [-0.15, -0.1) is 17.8 Å². The number of likely N-dealkylation sites (tertiary alicyclic amines) is 1. The molecule has 1 aromatic carbocycles. The minimum Gasteiger partial charge on any atom is -0.481 e. The van der Waals surface area contributed by atoms with Gasteiger partial charge in [-0.05, 0) is 25.0 Å². The van der Waals surface area contributed by atoms with E-state index in [9.17, 15) is 4.79 Å². The molecule has 2 aliphatic rings. The van der Waals surface area contributed by atoms with Gasteiger partial charge in [0, 0.05) is 48.8 Å². The minimum absolute atomic E-state index is 0.108. The summed E-state index contributed by atoms with van der Waals surface area (Å²) in [6, 6.07) is 9.55. The number of rotatable bonds is 7. The maximum atomic E-state index is 12.5. The molecule has 0 radical (unpaired) electrons. The van der Waals surface area contributed by atoms with Crippen LogP contribution in [0.25, 0.3) is 0 Å². The summed E-state index contributed by atoms with van der Waals surface area (Å²) >= 11 is 1.66. The van der Waals surface area contributed by atoms with E-state index in [1.165, 1.54) is 0 Å². The van der Waals surface area contributed by atoms with Crippen molar-refractivity contribution in [2.24, 2.45) is 5.16 Å². The van der Waals surface area contributed by atoms with Gasteiger partial charge in [-0.1, -0.05) is 29.3 Å². The molecule has 0 saturated carbocycles. The van der Waals surface area contributed by atoms with E-state index in [1.807, 2.05) is 41.4 Å². The first-order chi connectivity index (χ1) is 16.7. The number of nitrogens with zero attached hydrogens (tertiary/aromatic N) is 5. The van der Waals surface area contributed by atoms with Gasteiger partial charge in [0.05, 0.1) is 10.7 Å². The number of oxime groups is 1. The molecule has 1 unspecified atom stereocenters. The Balaban J connectivity index is 1.17. The Morgan fingerprint density at radius 2 is 2.12 bits per heavy atom. The molecule has 0 aliphatic carbocycles. The molecular weight excluding hydrogens is 450 g/mol. The highest BCUT2D eigenvalue weighted by atomic mass is 32.1. The zero-order chi connectivity index (χ0) is 23.3. The van der Waals surface area contributed by atoms with Crippen LogP contribution in [0.3, 0.4) is 0 Å². The van der Waals surface area contributed by atoms with Gasteiger partial charge in [0.1, 0.15) is 24.6 Å². The Bertz CT molecular complexity index is 1210. The molecule has 4 heterocycles. The van der Waals surface area contributed by atoms with Crippen molar-refractivity contribution in [3.63, 3.8) is 0 Å². The summed E-state index contributed by atoms with van der Waals surface area (Å²) < 4.78 is 7.33. The maximum absolute atomic E-state index is 12.5. The van der Waals surface area contributed by atoms with E-state index < -0.39 is 0 Å². The van der Waals surface area contributed by atoms with Crippen LogP contribution >= 0.6 is 11.3 Å². The number of aromatic nitrogens is 3. The molecule has 9 heteroatoms. The Morgan fingerprint density at radius 1 is 1.26 bits per heavy atom. The summed E-state index contributed by atoms with van der Waals surface area (Å²) in [6.07, 6.45) is 11.0. The summed E-state index contributed by atoms with van der Waals surface area (Å²) in [5, 5.41) is 11.6. The van der Waals surface area contributed by atoms with E-state index in [0.29, 0.717) is 12.3 Å². The first kappa shape index (κ1) is 22.2. The van der Waals surface area contributed by atoms with Gasteiger partial charge in [0.25, 0.3) is 0 Å². The summed E-state index contributed by atoms with van der Waals surface area (Å²) in [4.78, 5) is 25.1. The van der Waals surface area contributed by atoms with E-state index in [1.54, 1.807) is 22.2 Å². The van der Waals surface area contributed by atoms with Crippen molar-refractivity contribution in [2.75, 3.05) is 19.7 Å². The van der Waals surface area contributed by atoms with Crippen LogP contribution in [0.2, 0.25) is 0 Å². The number of ether oxygens (including phenoxy) is 1. The number of para-hydroxylation sites is 1. The van der Waals surface area contributed by atoms with Crippen LogP contribution in [-0.2, 0) is 16.2 Å². The average molecular weight is 476 g/mol. The van der Waals surface area contributed by atoms with Gasteiger partial charge < -0.3 is 14.5 Å². The zero-order valence-electron chi connectivity index (χ0n) is 18.7. The first-order valence-electron chi connectivity index (χ1n) is 11.3. The number of amides is 1. The highest BCUT2D eigenvalue weighted by Gasteiger charge is 2.30. The van der Waals surface area contributed by atoms with Gasteiger partial charge in [-0.25, -0.2) is 4.98 Å². The molecule has 3 aromatic rings. The number of benzene rings is 1. The van der Waals surface area contributed by atoms with Crippen molar-refractivity contribution in [1.29, 1.82) is 0 Å². The summed E-state index contributed by atoms with van der Waals surface area (Å²) in [5.41, 5.74) is 2.63. The fourth-order valence-electron chi connectivity index (χ4n) is 4.31. The second-order valence-corrected chi connectivity index (χ2v) is 9.19. The number of hydrogen-bond donors (Lipinski definition) is 0. The fourth-order valence-corrected chi connectivity index (χ4v) is 5.31. The predicted molar refractivity (Wildman–Crippen MR) is 129 cm³/mol. The standard InChI is InChI=1S/C25H25N5O3S/c1-2-14-32-22-7-4-3-6-19(22)23-15-20(28-33-23)21-17-34-25(27-21)18-8-12-29(13-9-18)24(31)16-30-11-5-10-26-30/h1,3-7,10-11,17-18,23H,8-9,12-16H2. The Kier molecular flexibility index (Phi) is 6.58. The highest BCUT2D eigenvalue weighted by molar-refractivity contribution is 7.10. The number of thiazole rings is 1. The third-order valence-electron chi connectivity index (χ3n) is 6.12. The van der Waals surface area contributed by atoms with Crippen LogP contribution in [0.15, 0.2) is 53.3 Å². The van der Waals surface area contributed by atoms with Crippen LogP contribution in [0.4, 0.5) is 0 Å². The second-order valence-electron chi connectivity index (χ2n) is 8.30. The van der Waals surface area contributed by atoms with Gasteiger partial charge >= 0.3 is 0 Å². The summed E-state index contributed by atoms with van der Waals surface area (Å²) in [7, 11) is 0. The van der Waals surface area contributed by atoms with E-state index in [2.05, 4.69) is 21.6 Å². The fraction of sp³-hybridized carbons (Fsp3) is 0.360. The second kappa shape index (κ2) is 10.1. The molecule has 34 heavy (non-hydrogen) atoms. The lowest BCUT2D eigenvalue weighted by Crippen LogP contribution is -2.39. The lowest BCUT2D eigenvalue weighted by Gasteiger charge is -2.31. The molecule has 0 spiro atoms. The van der Waals surface area contributed by atoms with Crippen LogP contribution in [0.1, 0.15) is 47.5 Å². The van der Waals surface area contributed by atoms with Crippen molar-refractivity contribution >= 4 is 23.0 Å². The normalized spacial score (nSPS) is 18.3. The smallest absolute Gasteiger partial charge is 0.244 e. The molecule has 174 valence electrons. The number of terminal acetylenes is 1. The van der Waals surface area contributed by atoms with Gasteiger partial charge in [-0.3, -0.25) is 9.48 Å². The first-order valence-corrected chi connectivity index (χ1v) is 12.2. The van der Waals surface area contributed by atoms with Gasteiger partial charge in [0.15, 0.2) is 6.10 Å². The molecule has 2 aromatic heterocycles. The summed E-state index contributed by atoms with van der Waals surface area (Å²) in [5.74, 6) is 3.67. The SMILES string of the molecule is C#CCOc1ccccc1C1CC(c2csc(C3CCN(C(=O)Cn4cccn4)CC3)n2)=NO1. The van der Waals surface area contributed by atoms with Crippen LogP contribution in [0, 0.1) is 12.3 Å². The third kappa shape index (κ3) is 4.82. The topological polar surface area (TPSA) is 81.8 Å². The molecule has 1 amide bonds. The van der Waals surface area contributed by atoms with Crippen molar-refractivity contribution in [3.8, 4) is 18.1 Å². The Hall–Kier alpha value is -3.64. The molecule has 1 saturated heterocycles. The minimum atomic E-state index is -0.224. The molecule has 0 N–H and O–H groups in total.